The van der Waals surface area contributed by atoms with Crippen LogP contribution in [-0.4, -0.2) is 47.9 Å². The maximum Gasteiger partial charge on any atom is 0.387 e. The number of benzene rings is 1. The number of nitrogens with zero attached hydrogens (tertiary/aromatic N) is 2. The first-order valence-corrected chi connectivity index (χ1v) is 10.2. The molecule has 3 rings (SSSR count). The highest BCUT2D eigenvalue weighted by molar-refractivity contribution is 6.30. The molecule has 0 unspecified atom stereocenters. The van der Waals surface area contributed by atoms with Crippen molar-refractivity contribution in [3.8, 4) is 5.75 Å². The highest BCUT2D eigenvalue weighted by atomic mass is 35.5. The smallest absolute Gasteiger partial charge is 0.387 e. The third kappa shape index (κ3) is 7.45. The lowest BCUT2D eigenvalue weighted by Crippen LogP contribution is -2.43. The van der Waals surface area contributed by atoms with E-state index in [1.54, 1.807) is 24.3 Å². The second-order valence-electron chi connectivity index (χ2n) is 7.20. The van der Waals surface area contributed by atoms with Gasteiger partial charge in [-0.25, -0.2) is 4.98 Å². The van der Waals surface area contributed by atoms with Crippen molar-refractivity contribution in [2.45, 2.75) is 26.0 Å². The Kier molecular flexibility index (Phi) is 8.13. The standard InChI is InChI=1S/C21H23ClF2N4O3/c22-16-3-6-18(25-12-16)27-20(30)15-7-9-28(10-8-15)13-19(29)26-11-14-1-4-17(5-2-14)31-21(23)24/h1-6,12,15,21H,7-11,13H2,(H,26,29)(H,25,27,30). The van der Waals surface area contributed by atoms with E-state index in [4.69, 9.17) is 11.6 Å². The second kappa shape index (κ2) is 11.0. The quantitative estimate of drug-likeness (QED) is 0.642. The van der Waals surface area contributed by atoms with Crippen LogP contribution in [0.3, 0.4) is 0 Å². The van der Waals surface area contributed by atoms with Gasteiger partial charge in [0.1, 0.15) is 11.6 Å². The largest absolute Gasteiger partial charge is 0.435 e. The summed E-state index contributed by atoms with van der Waals surface area (Å²) in [6, 6.07) is 9.43. The molecule has 0 spiro atoms. The number of hydrogen-bond donors (Lipinski definition) is 2. The molecule has 1 aromatic heterocycles. The number of likely N-dealkylation sites (tertiary alicyclic amines) is 1. The number of halogens is 3. The van der Waals surface area contributed by atoms with Gasteiger partial charge in [-0.3, -0.25) is 14.5 Å². The lowest BCUT2D eigenvalue weighted by molar-refractivity contribution is -0.123. The lowest BCUT2D eigenvalue weighted by Gasteiger charge is -2.30. The fraction of sp³-hybridized carbons (Fsp3) is 0.381. The van der Waals surface area contributed by atoms with Crippen molar-refractivity contribution in [2.24, 2.45) is 5.92 Å². The second-order valence-corrected chi connectivity index (χ2v) is 7.64. The number of anilines is 1. The number of carbonyl (C=O) groups is 2. The minimum atomic E-state index is -2.87. The fourth-order valence-corrected chi connectivity index (χ4v) is 3.39. The number of amides is 2. The van der Waals surface area contributed by atoms with E-state index in [0.717, 1.165) is 5.56 Å². The van der Waals surface area contributed by atoms with Crippen LogP contribution in [-0.2, 0) is 16.1 Å². The molecule has 1 aliphatic heterocycles. The van der Waals surface area contributed by atoms with Gasteiger partial charge in [0.2, 0.25) is 11.8 Å². The Labute approximate surface area is 183 Å². The number of carbonyl (C=O) groups excluding carboxylic acids is 2. The van der Waals surface area contributed by atoms with Gasteiger partial charge in [-0.2, -0.15) is 8.78 Å². The van der Waals surface area contributed by atoms with Crippen molar-refractivity contribution >= 4 is 29.2 Å². The molecule has 0 radical (unpaired) electrons. The summed E-state index contributed by atoms with van der Waals surface area (Å²) in [6.45, 7) is -1.06. The fourth-order valence-electron chi connectivity index (χ4n) is 3.28. The van der Waals surface area contributed by atoms with Gasteiger partial charge in [-0.15, -0.1) is 0 Å². The minimum Gasteiger partial charge on any atom is -0.435 e. The van der Waals surface area contributed by atoms with Crippen molar-refractivity contribution in [3.05, 3.63) is 53.2 Å². The van der Waals surface area contributed by atoms with Crippen molar-refractivity contribution in [2.75, 3.05) is 25.0 Å². The Morgan fingerprint density at radius 1 is 1.16 bits per heavy atom. The Balaban J connectivity index is 1.36. The van der Waals surface area contributed by atoms with Crippen LogP contribution in [0, 0.1) is 5.92 Å². The Hall–Kier alpha value is -2.78. The molecule has 31 heavy (non-hydrogen) atoms. The molecule has 1 aromatic carbocycles. The summed E-state index contributed by atoms with van der Waals surface area (Å²) in [5.41, 5.74) is 0.779. The van der Waals surface area contributed by atoms with Crippen molar-refractivity contribution in [3.63, 3.8) is 0 Å². The van der Waals surface area contributed by atoms with E-state index < -0.39 is 6.61 Å². The SMILES string of the molecule is O=C(CN1CCC(C(=O)Nc2ccc(Cl)cn2)CC1)NCc1ccc(OC(F)F)cc1. The van der Waals surface area contributed by atoms with Crippen LogP contribution in [0.2, 0.25) is 5.02 Å². The maximum absolute atomic E-state index is 12.4. The monoisotopic (exact) mass is 452 g/mol. The third-order valence-electron chi connectivity index (χ3n) is 4.94. The van der Waals surface area contributed by atoms with Crippen LogP contribution in [0.5, 0.6) is 5.75 Å². The molecule has 1 aliphatic rings. The number of nitrogens with one attached hydrogen (secondary N) is 2. The van der Waals surface area contributed by atoms with E-state index >= 15 is 0 Å². The molecule has 0 bridgehead atoms. The predicted molar refractivity (Wildman–Crippen MR) is 112 cm³/mol. The van der Waals surface area contributed by atoms with E-state index in [-0.39, 0.29) is 30.0 Å². The third-order valence-corrected chi connectivity index (χ3v) is 5.17. The first-order chi connectivity index (χ1) is 14.9. The molecule has 1 fully saturated rings. The topological polar surface area (TPSA) is 83.6 Å². The number of alkyl halides is 2. The number of pyridine rings is 1. The van der Waals surface area contributed by atoms with Crippen LogP contribution < -0.4 is 15.4 Å². The van der Waals surface area contributed by atoms with E-state index in [1.807, 2.05) is 4.90 Å². The van der Waals surface area contributed by atoms with Crippen LogP contribution >= 0.6 is 11.6 Å². The van der Waals surface area contributed by atoms with Crippen LogP contribution in [0.15, 0.2) is 42.6 Å². The zero-order valence-electron chi connectivity index (χ0n) is 16.7. The molecule has 2 N–H and O–H groups in total. The van der Waals surface area contributed by atoms with Crippen LogP contribution in [0.4, 0.5) is 14.6 Å². The van der Waals surface area contributed by atoms with Gasteiger partial charge in [0.05, 0.1) is 11.6 Å². The van der Waals surface area contributed by atoms with Crippen LogP contribution in [0.1, 0.15) is 18.4 Å². The summed E-state index contributed by atoms with van der Waals surface area (Å²) >= 11 is 5.79. The molecule has 1 saturated heterocycles. The van der Waals surface area contributed by atoms with E-state index in [2.05, 4.69) is 20.4 Å². The zero-order chi connectivity index (χ0) is 22.2. The molecule has 2 amide bonds. The molecule has 0 aliphatic carbocycles. The molecule has 0 atom stereocenters. The Bertz CT molecular complexity index is 873. The van der Waals surface area contributed by atoms with E-state index in [1.165, 1.54) is 18.3 Å². The first kappa shape index (κ1) is 22.9. The number of aromatic nitrogens is 1. The molecular weight excluding hydrogens is 430 g/mol. The van der Waals surface area contributed by atoms with Gasteiger partial charge in [0, 0.05) is 18.7 Å². The molecule has 7 nitrogen and oxygen atoms in total. The van der Waals surface area contributed by atoms with E-state index in [9.17, 15) is 18.4 Å². The Morgan fingerprint density at radius 3 is 2.48 bits per heavy atom. The maximum atomic E-state index is 12.4. The number of piperidine rings is 1. The molecular formula is C21H23ClF2N4O3. The Morgan fingerprint density at radius 2 is 1.87 bits per heavy atom. The highest BCUT2D eigenvalue weighted by Gasteiger charge is 2.26. The van der Waals surface area contributed by atoms with Crippen molar-refractivity contribution < 1.29 is 23.1 Å². The first-order valence-electron chi connectivity index (χ1n) is 9.84. The number of ether oxygens (including phenoxy) is 1. The van der Waals surface area contributed by atoms with Gasteiger partial charge in [0.15, 0.2) is 0 Å². The average Bonchev–Trinajstić information content (AvgIpc) is 2.75. The summed E-state index contributed by atoms with van der Waals surface area (Å²) < 4.78 is 28.6. The molecule has 166 valence electrons. The number of hydrogen-bond acceptors (Lipinski definition) is 5. The van der Waals surface area contributed by atoms with Gasteiger partial charge in [0.25, 0.3) is 0 Å². The normalized spacial score (nSPS) is 15.0. The summed E-state index contributed by atoms with van der Waals surface area (Å²) in [6.07, 6.45) is 2.78. The molecule has 0 saturated carbocycles. The van der Waals surface area contributed by atoms with Gasteiger partial charge in [-0.1, -0.05) is 23.7 Å². The summed E-state index contributed by atoms with van der Waals surface area (Å²) in [7, 11) is 0. The van der Waals surface area contributed by atoms with Crippen LogP contribution in [0.25, 0.3) is 0 Å². The molecule has 2 heterocycles. The van der Waals surface area contributed by atoms with Gasteiger partial charge in [-0.05, 0) is 55.8 Å². The number of rotatable bonds is 8. The predicted octanol–water partition coefficient (Wildman–Crippen LogP) is 3.30. The minimum absolute atomic E-state index is 0.0730. The van der Waals surface area contributed by atoms with Crippen molar-refractivity contribution in [1.29, 1.82) is 0 Å². The molecule has 2 aromatic rings. The molecule has 10 heteroatoms. The summed E-state index contributed by atoms with van der Waals surface area (Å²) in [5.74, 6) is 0.180. The van der Waals surface area contributed by atoms with E-state index in [0.29, 0.717) is 43.3 Å². The highest BCUT2D eigenvalue weighted by Crippen LogP contribution is 2.19. The summed E-state index contributed by atoms with van der Waals surface area (Å²) in [4.78, 5) is 30.7. The zero-order valence-corrected chi connectivity index (χ0v) is 17.4. The average molecular weight is 453 g/mol. The van der Waals surface area contributed by atoms with Gasteiger partial charge >= 0.3 is 6.61 Å². The van der Waals surface area contributed by atoms with Crippen molar-refractivity contribution in [1.82, 2.24) is 15.2 Å². The van der Waals surface area contributed by atoms with Gasteiger partial charge < -0.3 is 15.4 Å². The lowest BCUT2D eigenvalue weighted by atomic mass is 9.96. The summed E-state index contributed by atoms with van der Waals surface area (Å²) in [5, 5.41) is 6.10.